The first-order valence-electron chi connectivity index (χ1n) is 5.63. The molecule has 1 N–H and O–H groups in total. The second kappa shape index (κ2) is 5.71. The first-order valence-corrected chi connectivity index (χ1v) is 6.01. The zero-order valence-corrected chi connectivity index (χ0v) is 11.0. The summed E-state index contributed by atoms with van der Waals surface area (Å²) in [4.78, 5) is 14.7. The number of hydrogen-bond donors (Lipinski definition) is 1. The molecule has 98 valence electrons. The third kappa shape index (κ3) is 3.45. The van der Waals surface area contributed by atoms with Crippen molar-refractivity contribution in [2.75, 3.05) is 0 Å². The highest BCUT2D eigenvalue weighted by molar-refractivity contribution is 6.32. The number of carbonyl (C=O) groups is 1. The molecule has 0 aliphatic carbocycles. The lowest BCUT2D eigenvalue weighted by atomic mass is 10.2. The third-order valence-corrected chi connectivity index (χ3v) is 2.85. The van der Waals surface area contributed by atoms with Crippen molar-refractivity contribution in [1.29, 1.82) is 0 Å². The molecule has 1 aromatic carbocycles. The number of carboxylic acid groups (broad SMARTS) is 1. The Bertz CT molecular complexity index is 596. The van der Waals surface area contributed by atoms with Crippen LogP contribution in [0.15, 0.2) is 36.5 Å². The van der Waals surface area contributed by atoms with E-state index >= 15 is 0 Å². The van der Waals surface area contributed by atoms with Crippen LogP contribution in [0.5, 0.6) is 5.75 Å². The molecule has 2 rings (SSSR count). The summed E-state index contributed by atoms with van der Waals surface area (Å²) in [6.45, 7) is 2.19. The number of pyridine rings is 1. The van der Waals surface area contributed by atoms with Crippen LogP contribution in [0.2, 0.25) is 5.02 Å². The molecular formula is C14H12ClNO3. The predicted molar refractivity (Wildman–Crippen MR) is 71.7 cm³/mol. The summed E-state index contributed by atoms with van der Waals surface area (Å²) in [5.41, 5.74) is 1.84. The highest BCUT2D eigenvalue weighted by Gasteiger charge is 2.05. The summed E-state index contributed by atoms with van der Waals surface area (Å²) in [6.07, 6.45) is 1.30. The number of aromatic carboxylic acids is 1. The van der Waals surface area contributed by atoms with E-state index < -0.39 is 5.97 Å². The fourth-order valence-corrected chi connectivity index (χ4v) is 1.68. The zero-order valence-electron chi connectivity index (χ0n) is 10.3. The van der Waals surface area contributed by atoms with Crippen LogP contribution in [-0.2, 0) is 6.61 Å². The molecule has 0 saturated carbocycles. The fourth-order valence-electron chi connectivity index (χ4n) is 1.51. The van der Waals surface area contributed by atoms with Gasteiger partial charge >= 0.3 is 5.97 Å². The zero-order chi connectivity index (χ0) is 13.8. The molecular weight excluding hydrogens is 266 g/mol. The van der Waals surface area contributed by atoms with Gasteiger partial charge in [0.15, 0.2) is 0 Å². The van der Waals surface area contributed by atoms with Gasteiger partial charge in [0.2, 0.25) is 0 Å². The summed E-state index contributed by atoms with van der Waals surface area (Å²) in [5, 5.41) is 9.30. The lowest BCUT2D eigenvalue weighted by Crippen LogP contribution is -2.02. The molecule has 0 atom stereocenters. The van der Waals surface area contributed by atoms with Crippen molar-refractivity contribution in [2.24, 2.45) is 0 Å². The maximum absolute atomic E-state index is 10.7. The maximum atomic E-state index is 10.7. The Kier molecular flexibility index (Phi) is 4.02. The molecule has 0 aliphatic rings. The van der Waals surface area contributed by atoms with Crippen LogP contribution < -0.4 is 4.74 Å². The van der Waals surface area contributed by atoms with Crippen LogP contribution in [0.25, 0.3) is 0 Å². The van der Waals surface area contributed by atoms with E-state index in [2.05, 4.69) is 4.98 Å². The lowest BCUT2D eigenvalue weighted by molar-refractivity contribution is 0.0696. The van der Waals surface area contributed by atoms with Crippen molar-refractivity contribution < 1.29 is 14.6 Å². The smallest absolute Gasteiger partial charge is 0.337 e. The van der Waals surface area contributed by atoms with Crippen LogP contribution >= 0.6 is 11.6 Å². The fraction of sp³-hybridized carbons (Fsp3) is 0.143. The van der Waals surface area contributed by atoms with E-state index in [0.717, 1.165) is 5.56 Å². The van der Waals surface area contributed by atoms with Crippen LogP contribution in [0, 0.1) is 6.92 Å². The lowest BCUT2D eigenvalue weighted by Gasteiger charge is -2.08. The highest BCUT2D eigenvalue weighted by Crippen LogP contribution is 2.25. The SMILES string of the molecule is Cc1ccc(Cl)c(OCc2ccc(C(=O)O)cn2)c1. The minimum absolute atomic E-state index is 0.150. The normalized spacial score (nSPS) is 10.2. The quantitative estimate of drug-likeness (QED) is 0.931. The van der Waals surface area contributed by atoms with Crippen molar-refractivity contribution in [1.82, 2.24) is 4.98 Å². The molecule has 0 radical (unpaired) electrons. The molecule has 5 heteroatoms. The molecule has 0 fully saturated rings. The van der Waals surface area contributed by atoms with Gasteiger partial charge in [-0.15, -0.1) is 0 Å². The predicted octanol–water partition coefficient (Wildman–Crippen LogP) is 3.32. The molecule has 0 saturated heterocycles. The summed E-state index contributed by atoms with van der Waals surface area (Å²) >= 11 is 6.01. The summed E-state index contributed by atoms with van der Waals surface area (Å²) in [7, 11) is 0. The van der Waals surface area contributed by atoms with Gasteiger partial charge in [0.25, 0.3) is 0 Å². The number of hydrogen-bond acceptors (Lipinski definition) is 3. The minimum atomic E-state index is -0.998. The summed E-state index contributed by atoms with van der Waals surface area (Å²) in [6, 6.07) is 8.62. The van der Waals surface area contributed by atoms with Gasteiger partial charge in [-0.2, -0.15) is 0 Å². The minimum Gasteiger partial charge on any atom is -0.486 e. The molecule has 1 aromatic heterocycles. The van der Waals surface area contributed by atoms with Crippen molar-refractivity contribution in [3.63, 3.8) is 0 Å². The van der Waals surface area contributed by atoms with Crippen LogP contribution in [0.3, 0.4) is 0 Å². The van der Waals surface area contributed by atoms with Gasteiger partial charge in [0, 0.05) is 6.20 Å². The molecule has 0 amide bonds. The Morgan fingerprint density at radius 2 is 2.16 bits per heavy atom. The first-order chi connectivity index (χ1) is 9.06. The van der Waals surface area contributed by atoms with Crippen LogP contribution in [0.4, 0.5) is 0 Å². The van der Waals surface area contributed by atoms with Gasteiger partial charge < -0.3 is 9.84 Å². The molecule has 0 unspecified atom stereocenters. The number of rotatable bonds is 4. The first kappa shape index (κ1) is 13.4. The second-order valence-corrected chi connectivity index (χ2v) is 4.47. The van der Waals surface area contributed by atoms with E-state index in [1.807, 2.05) is 19.1 Å². The van der Waals surface area contributed by atoms with Crippen molar-refractivity contribution in [3.8, 4) is 5.75 Å². The van der Waals surface area contributed by atoms with Crippen molar-refractivity contribution in [2.45, 2.75) is 13.5 Å². The summed E-state index contributed by atoms with van der Waals surface area (Å²) < 4.78 is 5.56. The number of nitrogens with zero attached hydrogens (tertiary/aromatic N) is 1. The number of halogens is 1. The van der Waals surface area contributed by atoms with E-state index in [9.17, 15) is 4.79 Å². The van der Waals surface area contributed by atoms with Gasteiger partial charge in [-0.3, -0.25) is 4.98 Å². The van der Waals surface area contributed by atoms with Gasteiger partial charge in [-0.05, 0) is 36.8 Å². The van der Waals surface area contributed by atoms with Crippen molar-refractivity contribution in [3.05, 3.63) is 58.4 Å². The third-order valence-electron chi connectivity index (χ3n) is 2.53. The summed E-state index contributed by atoms with van der Waals surface area (Å²) in [5.74, 6) is -0.410. The molecule has 2 aromatic rings. The van der Waals surface area contributed by atoms with E-state index in [-0.39, 0.29) is 12.2 Å². The molecule has 19 heavy (non-hydrogen) atoms. The highest BCUT2D eigenvalue weighted by atomic mass is 35.5. The standard InChI is InChI=1S/C14H12ClNO3/c1-9-2-5-12(15)13(6-9)19-8-11-4-3-10(7-16-11)14(17)18/h2-7H,8H2,1H3,(H,17,18). The number of aryl methyl sites for hydroxylation is 1. The topological polar surface area (TPSA) is 59.4 Å². The average molecular weight is 278 g/mol. The van der Waals surface area contributed by atoms with E-state index in [1.165, 1.54) is 12.3 Å². The molecule has 4 nitrogen and oxygen atoms in total. The van der Waals surface area contributed by atoms with E-state index in [0.29, 0.717) is 16.5 Å². The Morgan fingerprint density at radius 1 is 1.37 bits per heavy atom. The van der Waals surface area contributed by atoms with Gasteiger partial charge in [-0.1, -0.05) is 17.7 Å². The Balaban J connectivity index is 2.06. The van der Waals surface area contributed by atoms with Crippen LogP contribution in [0.1, 0.15) is 21.6 Å². The van der Waals surface area contributed by atoms with Gasteiger partial charge in [0.1, 0.15) is 12.4 Å². The van der Waals surface area contributed by atoms with Crippen LogP contribution in [-0.4, -0.2) is 16.1 Å². The monoisotopic (exact) mass is 277 g/mol. The molecule has 0 spiro atoms. The Labute approximate surface area is 115 Å². The average Bonchev–Trinajstić information content (AvgIpc) is 2.40. The Hall–Kier alpha value is -2.07. The molecule has 1 heterocycles. The molecule has 0 bridgehead atoms. The van der Waals surface area contributed by atoms with E-state index in [1.54, 1.807) is 12.1 Å². The number of aromatic nitrogens is 1. The van der Waals surface area contributed by atoms with Crippen molar-refractivity contribution >= 4 is 17.6 Å². The number of ether oxygens (including phenoxy) is 1. The Morgan fingerprint density at radius 3 is 2.79 bits per heavy atom. The number of carboxylic acids is 1. The van der Waals surface area contributed by atoms with Gasteiger partial charge in [-0.25, -0.2) is 4.79 Å². The molecule has 0 aliphatic heterocycles. The second-order valence-electron chi connectivity index (χ2n) is 4.07. The van der Waals surface area contributed by atoms with E-state index in [4.69, 9.17) is 21.4 Å². The maximum Gasteiger partial charge on any atom is 0.337 e. The number of benzene rings is 1. The largest absolute Gasteiger partial charge is 0.486 e. The van der Waals surface area contributed by atoms with Gasteiger partial charge in [0.05, 0.1) is 16.3 Å².